The topological polar surface area (TPSA) is 25.4 Å². The lowest BCUT2D eigenvalue weighted by Crippen LogP contribution is -2.41. The van der Waals surface area contributed by atoms with Crippen LogP contribution in [-0.2, 0) is 4.74 Å². The predicted octanol–water partition coefficient (Wildman–Crippen LogP) is 2.07. The summed E-state index contributed by atoms with van der Waals surface area (Å²) in [6.07, 6.45) is 3.96. The molecule has 1 aliphatic heterocycles. The van der Waals surface area contributed by atoms with Crippen LogP contribution in [0.3, 0.4) is 0 Å². The van der Waals surface area contributed by atoms with Crippen molar-refractivity contribution >= 4 is 21.6 Å². The molecular formula is C10H13BrN2O. The SMILES string of the molecule is CC1CN(c2ccncc2Br)CCO1. The molecule has 0 aliphatic carbocycles. The zero-order valence-electron chi connectivity index (χ0n) is 8.11. The van der Waals surface area contributed by atoms with E-state index in [1.54, 1.807) is 0 Å². The van der Waals surface area contributed by atoms with Crippen molar-refractivity contribution in [1.29, 1.82) is 0 Å². The third-order valence-electron chi connectivity index (χ3n) is 2.33. The minimum absolute atomic E-state index is 0.309. The maximum atomic E-state index is 5.50. The fraction of sp³-hybridized carbons (Fsp3) is 0.500. The summed E-state index contributed by atoms with van der Waals surface area (Å²) >= 11 is 3.51. The van der Waals surface area contributed by atoms with Gasteiger partial charge in [-0.05, 0) is 28.9 Å². The second-order valence-corrected chi connectivity index (χ2v) is 4.31. The standard InChI is InChI=1S/C10H13BrN2O/c1-8-7-13(4-5-14-8)10-2-3-12-6-9(10)11/h2-3,6,8H,4-5,7H2,1H3. The van der Waals surface area contributed by atoms with Gasteiger partial charge in [0.25, 0.3) is 0 Å². The molecule has 0 N–H and O–H groups in total. The molecular weight excluding hydrogens is 244 g/mol. The van der Waals surface area contributed by atoms with Crippen molar-refractivity contribution in [3.05, 3.63) is 22.9 Å². The van der Waals surface area contributed by atoms with Crippen LogP contribution in [0.5, 0.6) is 0 Å². The number of anilines is 1. The first-order chi connectivity index (χ1) is 6.77. The Morgan fingerprint density at radius 2 is 2.50 bits per heavy atom. The summed E-state index contributed by atoms with van der Waals surface area (Å²) in [5.41, 5.74) is 1.20. The second kappa shape index (κ2) is 4.28. The Labute approximate surface area is 92.2 Å². The highest BCUT2D eigenvalue weighted by Crippen LogP contribution is 2.26. The van der Waals surface area contributed by atoms with Crippen molar-refractivity contribution in [1.82, 2.24) is 4.98 Å². The molecule has 0 spiro atoms. The van der Waals surface area contributed by atoms with Gasteiger partial charge in [0.1, 0.15) is 0 Å². The summed E-state index contributed by atoms with van der Waals surface area (Å²) in [5, 5.41) is 0. The molecule has 1 unspecified atom stereocenters. The molecule has 1 aromatic heterocycles. The van der Waals surface area contributed by atoms with E-state index < -0.39 is 0 Å². The Morgan fingerprint density at radius 3 is 3.21 bits per heavy atom. The molecule has 1 saturated heterocycles. The van der Waals surface area contributed by atoms with Crippen LogP contribution in [-0.4, -0.2) is 30.8 Å². The van der Waals surface area contributed by atoms with Gasteiger partial charge in [-0.2, -0.15) is 0 Å². The van der Waals surface area contributed by atoms with Crippen LogP contribution in [0.2, 0.25) is 0 Å². The van der Waals surface area contributed by atoms with Crippen molar-refractivity contribution in [2.24, 2.45) is 0 Å². The molecule has 0 aromatic carbocycles. The molecule has 14 heavy (non-hydrogen) atoms. The number of morpholine rings is 1. The number of hydrogen-bond donors (Lipinski definition) is 0. The molecule has 76 valence electrons. The minimum Gasteiger partial charge on any atom is -0.375 e. The summed E-state index contributed by atoms with van der Waals surface area (Å²) in [6, 6.07) is 2.03. The third kappa shape index (κ3) is 2.07. The Morgan fingerprint density at radius 1 is 1.64 bits per heavy atom. The molecule has 2 rings (SSSR count). The lowest BCUT2D eigenvalue weighted by molar-refractivity contribution is 0.0532. The first-order valence-electron chi connectivity index (χ1n) is 4.73. The summed E-state index contributed by atoms with van der Waals surface area (Å²) in [7, 11) is 0. The van der Waals surface area contributed by atoms with E-state index in [0.717, 1.165) is 24.2 Å². The van der Waals surface area contributed by atoms with Crippen molar-refractivity contribution < 1.29 is 4.74 Å². The Kier molecular flexibility index (Phi) is 3.03. The zero-order valence-corrected chi connectivity index (χ0v) is 9.70. The summed E-state index contributed by atoms with van der Waals surface area (Å²) in [5.74, 6) is 0. The van der Waals surface area contributed by atoms with Crippen LogP contribution < -0.4 is 4.90 Å². The average Bonchev–Trinajstić information content (AvgIpc) is 2.18. The summed E-state index contributed by atoms with van der Waals surface area (Å²) in [4.78, 5) is 6.37. The van der Waals surface area contributed by atoms with Crippen molar-refractivity contribution in [3.8, 4) is 0 Å². The minimum atomic E-state index is 0.309. The predicted molar refractivity (Wildman–Crippen MR) is 59.6 cm³/mol. The molecule has 4 heteroatoms. The van der Waals surface area contributed by atoms with E-state index in [2.05, 4.69) is 32.7 Å². The van der Waals surface area contributed by atoms with E-state index in [0.29, 0.717) is 6.10 Å². The van der Waals surface area contributed by atoms with Gasteiger partial charge < -0.3 is 9.64 Å². The lowest BCUT2D eigenvalue weighted by atomic mass is 10.2. The average molecular weight is 257 g/mol. The van der Waals surface area contributed by atoms with Gasteiger partial charge in [-0.1, -0.05) is 0 Å². The van der Waals surface area contributed by atoms with E-state index in [1.165, 1.54) is 5.69 Å². The molecule has 0 radical (unpaired) electrons. The van der Waals surface area contributed by atoms with E-state index >= 15 is 0 Å². The van der Waals surface area contributed by atoms with E-state index in [-0.39, 0.29) is 0 Å². The number of halogens is 1. The van der Waals surface area contributed by atoms with Crippen LogP contribution in [0.1, 0.15) is 6.92 Å². The summed E-state index contributed by atoms with van der Waals surface area (Å²) in [6.45, 7) is 4.80. The van der Waals surface area contributed by atoms with Gasteiger partial charge in [0.2, 0.25) is 0 Å². The Balaban J connectivity index is 2.18. The number of nitrogens with zero attached hydrogens (tertiary/aromatic N) is 2. The van der Waals surface area contributed by atoms with Crippen LogP contribution in [0.25, 0.3) is 0 Å². The van der Waals surface area contributed by atoms with Gasteiger partial charge >= 0.3 is 0 Å². The van der Waals surface area contributed by atoms with Gasteiger partial charge in [0.15, 0.2) is 0 Å². The Bertz CT molecular complexity index is 319. The molecule has 1 aromatic rings. The smallest absolute Gasteiger partial charge is 0.0722 e. The van der Waals surface area contributed by atoms with E-state index in [1.807, 2.05) is 18.5 Å². The molecule has 0 bridgehead atoms. The lowest BCUT2D eigenvalue weighted by Gasteiger charge is -2.33. The molecule has 3 nitrogen and oxygen atoms in total. The number of rotatable bonds is 1. The van der Waals surface area contributed by atoms with E-state index in [4.69, 9.17) is 4.74 Å². The van der Waals surface area contributed by atoms with Crippen molar-refractivity contribution in [2.75, 3.05) is 24.6 Å². The van der Waals surface area contributed by atoms with Crippen LogP contribution in [0.4, 0.5) is 5.69 Å². The fourth-order valence-electron chi connectivity index (χ4n) is 1.66. The van der Waals surface area contributed by atoms with Gasteiger partial charge in [0.05, 0.1) is 22.9 Å². The Hall–Kier alpha value is -0.610. The van der Waals surface area contributed by atoms with Gasteiger partial charge in [-0.25, -0.2) is 0 Å². The van der Waals surface area contributed by atoms with Crippen LogP contribution in [0, 0.1) is 0 Å². The fourth-order valence-corrected chi connectivity index (χ4v) is 2.16. The highest BCUT2D eigenvalue weighted by atomic mass is 79.9. The van der Waals surface area contributed by atoms with Gasteiger partial charge in [-0.3, -0.25) is 4.98 Å². The largest absolute Gasteiger partial charge is 0.375 e. The maximum absolute atomic E-state index is 5.50. The first kappa shape index (κ1) is 9.93. The van der Waals surface area contributed by atoms with Crippen LogP contribution >= 0.6 is 15.9 Å². The van der Waals surface area contributed by atoms with Gasteiger partial charge in [-0.15, -0.1) is 0 Å². The normalized spacial score (nSPS) is 22.4. The quantitative estimate of drug-likeness (QED) is 0.770. The first-order valence-corrected chi connectivity index (χ1v) is 5.53. The maximum Gasteiger partial charge on any atom is 0.0722 e. The zero-order chi connectivity index (χ0) is 9.97. The van der Waals surface area contributed by atoms with Crippen molar-refractivity contribution in [3.63, 3.8) is 0 Å². The van der Waals surface area contributed by atoms with Crippen LogP contribution in [0.15, 0.2) is 22.9 Å². The number of hydrogen-bond acceptors (Lipinski definition) is 3. The third-order valence-corrected chi connectivity index (χ3v) is 2.94. The van der Waals surface area contributed by atoms with Crippen molar-refractivity contribution in [2.45, 2.75) is 13.0 Å². The molecule has 0 amide bonds. The number of pyridine rings is 1. The highest BCUT2D eigenvalue weighted by molar-refractivity contribution is 9.10. The molecule has 1 aliphatic rings. The molecule has 2 heterocycles. The number of aromatic nitrogens is 1. The second-order valence-electron chi connectivity index (χ2n) is 3.45. The number of ether oxygens (including phenoxy) is 1. The molecule has 0 saturated carbocycles. The monoisotopic (exact) mass is 256 g/mol. The van der Waals surface area contributed by atoms with Gasteiger partial charge in [0, 0.05) is 25.5 Å². The highest BCUT2D eigenvalue weighted by Gasteiger charge is 2.18. The molecule has 1 fully saturated rings. The van der Waals surface area contributed by atoms with E-state index in [9.17, 15) is 0 Å². The summed E-state index contributed by atoms with van der Waals surface area (Å²) < 4.78 is 6.55. The molecule has 1 atom stereocenters.